The summed E-state index contributed by atoms with van der Waals surface area (Å²) in [5.41, 5.74) is 2.24. The smallest absolute Gasteiger partial charge is 0.303 e. The van der Waals surface area contributed by atoms with Gasteiger partial charge in [-0.2, -0.15) is 5.26 Å². The van der Waals surface area contributed by atoms with Crippen LogP contribution in [0.4, 0.5) is 0 Å². The average Bonchev–Trinajstić information content (AvgIpc) is 2.63. The van der Waals surface area contributed by atoms with Gasteiger partial charge in [-0.05, 0) is 37.3 Å². The molecular weight excluding hydrogens is 330 g/mol. The van der Waals surface area contributed by atoms with Crippen molar-refractivity contribution in [2.45, 2.75) is 52.0 Å². The predicted molar refractivity (Wildman–Crippen MR) is 100 cm³/mol. The van der Waals surface area contributed by atoms with Crippen molar-refractivity contribution in [3.05, 3.63) is 47.2 Å². The lowest BCUT2D eigenvalue weighted by Gasteiger charge is -2.14. The van der Waals surface area contributed by atoms with Gasteiger partial charge in [-0.15, -0.1) is 0 Å². The molecule has 6 nitrogen and oxygen atoms in total. The van der Waals surface area contributed by atoms with E-state index in [1.807, 2.05) is 37.3 Å². The molecule has 0 aliphatic carbocycles. The number of carbonyl (C=O) groups excluding carboxylic acids is 1. The highest BCUT2D eigenvalue weighted by molar-refractivity contribution is 5.97. The number of amides is 1. The molecule has 0 saturated carbocycles. The van der Waals surface area contributed by atoms with Gasteiger partial charge in [0.25, 0.3) is 5.91 Å². The summed E-state index contributed by atoms with van der Waals surface area (Å²) in [6.45, 7) is 4.55. The second kappa shape index (κ2) is 11.7. The van der Waals surface area contributed by atoms with Crippen LogP contribution in [0, 0.1) is 11.3 Å². The fourth-order valence-electron chi connectivity index (χ4n) is 2.40. The first kappa shape index (κ1) is 21.2. The third kappa shape index (κ3) is 7.84. The zero-order chi connectivity index (χ0) is 19.4. The zero-order valence-corrected chi connectivity index (χ0v) is 15.4. The third-order valence-electron chi connectivity index (χ3n) is 4.06. The summed E-state index contributed by atoms with van der Waals surface area (Å²) in [6.07, 6.45) is 4.74. The molecular formula is C20H27N3O3. The number of rotatable bonds is 11. The quantitative estimate of drug-likeness (QED) is 0.321. The Morgan fingerprint density at radius 3 is 2.50 bits per heavy atom. The molecule has 0 heterocycles. The van der Waals surface area contributed by atoms with E-state index < -0.39 is 11.9 Å². The molecule has 1 aromatic rings. The molecule has 1 atom stereocenters. The van der Waals surface area contributed by atoms with Crippen LogP contribution in [-0.2, 0) is 16.0 Å². The Morgan fingerprint density at radius 2 is 1.92 bits per heavy atom. The Balaban J connectivity index is 2.44. The number of nitrogens with zero attached hydrogens (tertiary/aromatic N) is 1. The summed E-state index contributed by atoms with van der Waals surface area (Å²) < 4.78 is 0. The molecule has 0 aromatic heterocycles. The van der Waals surface area contributed by atoms with Crippen LogP contribution < -0.4 is 10.6 Å². The number of hydrogen-bond acceptors (Lipinski definition) is 4. The van der Waals surface area contributed by atoms with Crippen molar-refractivity contribution in [1.82, 2.24) is 10.6 Å². The number of hydrogen-bond donors (Lipinski definition) is 3. The van der Waals surface area contributed by atoms with Crippen LogP contribution in [0.15, 0.2) is 36.0 Å². The van der Waals surface area contributed by atoms with E-state index in [1.165, 1.54) is 11.8 Å². The van der Waals surface area contributed by atoms with Crippen molar-refractivity contribution in [2.75, 3.05) is 6.54 Å². The lowest BCUT2D eigenvalue weighted by Crippen LogP contribution is -2.28. The van der Waals surface area contributed by atoms with Gasteiger partial charge in [0.05, 0.1) is 6.04 Å². The molecule has 1 amide bonds. The minimum Gasteiger partial charge on any atom is -0.481 e. The molecule has 0 aliphatic rings. The Kier molecular flexibility index (Phi) is 9.55. The largest absolute Gasteiger partial charge is 0.481 e. The maximum absolute atomic E-state index is 12.2. The summed E-state index contributed by atoms with van der Waals surface area (Å²) in [5, 5.41) is 23.5. The molecule has 1 aromatic carbocycles. The minimum atomic E-state index is -0.792. The molecule has 140 valence electrons. The maximum atomic E-state index is 12.2. The number of nitriles is 1. The van der Waals surface area contributed by atoms with Crippen LogP contribution in [0.1, 0.15) is 56.7 Å². The lowest BCUT2D eigenvalue weighted by molar-refractivity contribution is -0.137. The second-order valence-corrected chi connectivity index (χ2v) is 6.12. The number of nitrogens with one attached hydrogen (secondary N) is 2. The Bertz CT molecular complexity index is 660. The highest BCUT2D eigenvalue weighted by Crippen LogP contribution is 2.14. The van der Waals surface area contributed by atoms with Gasteiger partial charge in [-0.3, -0.25) is 9.59 Å². The number of unbranched alkanes of at least 4 members (excludes halogenated alkanes) is 2. The fraction of sp³-hybridized carbons (Fsp3) is 0.450. The highest BCUT2D eigenvalue weighted by atomic mass is 16.4. The van der Waals surface area contributed by atoms with E-state index in [-0.39, 0.29) is 18.0 Å². The first-order chi connectivity index (χ1) is 12.5. The minimum absolute atomic E-state index is 0.0209. The van der Waals surface area contributed by atoms with Crippen molar-refractivity contribution in [3.8, 4) is 6.07 Å². The van der Waals surface area contributed by atoms with Crippen molar-refractivity contribution < 1.29 is 14.7 Å². The predicted octanol–water partition coefficient (Wildman–Crippen LogP) is 3.07. The summed E-state index contributed by atoms with van der Waals surface area (Å²) >= 11 is 0. The molecule has 6 heteroatoms. The number of carbonyl (C=O) groups is 2. The van der Waals surface area contributed by atoms with E-state index in [4.69, 9.17) is 10.4 Å². The Hall–Kier alpha value is -2.81. The Labute approximate surface area is 154 Å². The number of benzene rings is 1. The van der Waals surface area contributed by atoms with Crippen LogP contribution in [0.5, 0.6) is 0 Å². The molecule has 26 heavy (non-hydrogen) atoms. The SMILES string of the molecule is CCc1ccc(C(C)NC(=O)/C(C#N)=C\NCCCCCC(=O)O)cc1. The summed E-state index contributed by atoms with van der Waals surface area (Å²) in [7, 11) is 0. The van der Waals surface area contributed by atoms with Crippen LogP contribution in [0.3, 0.4) is 0 Å². The number of aryl methyl sites for hydroxylation is 1. The van der Waals surface area contributed by atoms with Gasteiger partial charge in [0.15, 0.2) is 0 Å². The summed E-state index contributed by atoms with van der Waals surface area (Å²) in [6, 6.07) is 9.74. The normalized spacial score (nSPS) is 12.1. The van der Waals surface area contributed by atoms with Crippen LogP contribution in [0.25, 0.3) is 0 Å². The molecule has 0 radical (unpaired) electrons. The van der Waals surface area contributed by atoms with Crippen molar-refractivity contribution >= 4 is 11.9 Å². The molecule has 0 fully saturated rings. The fourth-order valence-corrected chi connectivity index (χ4v) is 2.40. The maximum Gasteiger partial charge on any atom is 0.303 e. The van der Waals surface area contributed by atoms with E-state index in [0.29, 0.717) is 13.0 Å². The van der Waals surface area contributed by atoms with Gasteiger partial charge < -0.3 is 15.7 Å². The van der Waals surface area contributed by atoms with E-state index in [0.717, 1.165) is 24.8 Å². The average molecular weight is 357 g/mol. The number of carboxylic acids is 1. The number of carboxylic acid groups (broad SMARTS) is 1. The Morgan fingerprint density at radius 1 is 1.23 bits per heavy atom. The van der Waals surface area contributed by atoms with E-state index in [1.54, 1.807) is 0 Å². The van der Waals surface area contributed by atoms with Crippen molar-refractivity contribution in [1.29, 1.82) is 5.26 Å². The first-order valence-corrected chi connectivity index (χ1v) is 8.93. The van der Waals surface area contributed by atoms with Gasteiger partial charge in [0.2, 0.25) is 0 Å². The van der Waals surface area contributed by atoms with E-state index in [2.05, 4.69) is 17.6 Å². The van der Waals surface area contributed by atoms with Crippen LogP contribution in [0.2, 0.25) is 0 Å². The monoisotopic (exact) mass is 357 g/mol. The summed E-state index contributed by atoms with van der Waals surface area (Å²) in [5.74, 6) is -1.21. The van der Waals surface area contributed by atoms with Gasteiger partial charge in [-0.1, -0.05) is 37.6 Å². The van der Waals surface area contributed by atoms with Crippen LogP contribution in [-0.4, -0.2) is 23.5 Å². The molecule has 3 N–H and O–H groups in total. The first-order valence-electron chi connectivity index (χ1n) is 8.93. The molecule has 1 rings (SSSR count). The standard InChI is InChI=1S/C20H27N3O3/c1-3-16-8-10-17(11-9-16)15(2)23-20(26)18(13-21)14-22-12-6-4-5-7-19(24)25/h8-11,14-15,22H,3-7,12H2,1-2H3,(H,23,26)(H,24,25)/b18-14-. The topological polar surface area (TPSA) is 102 Å². The molecule has 0 bridgehead atoms. The van der Waals surface area contributed by atoms with Crippen molar-refractivity contribution in [3.63, 3.8) is 0 Å². The van der Waals surface area contributed by atoms with Gasteiger partial charge in [-0.25, -0.2) is 0 Å². The van der Waals surface area contributed by atoms with Crippen molar-refractivity contribution in [2.24, 2.45) is 0 Å². The molecule has 0 saturated heterocycles. The lowest BCUT2D eigenvalue weighted by atomic mass is 10.0. The summed E-state index contributed by atoms with van der Waals surface area (Å²) in [4.78, 5) is 22.6. The van der Waals surface area contributed by atoms with Gasteiger partial charge >= 0.3 is 5.97 Å². The zero-order valence-electron chi connectivity index (χ0n) is 15.4. The van der Waals surface area contributed by atoms with Crippen LogP contribution >= 0.6 is 0 Å². The van der Waals surface area contributed by atoms with E-state index >= 15 is 0 Å². The molecule has 0 aliphatic heterocycles. The highest BCUT2D eigenvalue weighted by Gasteiger charge is 2.13. The van der Waals surface area contributed by atoms with Gasteiger partial charge in [0.1, 0.15) is 11.6 Å². The third-order valence-corrected chi connectivity index (χ3v) is 4.06. The second-order valence-electron chi connectivity index (χ2n) is 6.12. The van der Waals surface area contributed by atoms with Gasteiger partial charge in [0, 0.05) is 19.2 Å². The molecule has 1 unspecified atom stereocenters. The number of aliphatic carboxylic acids is 1. The molecule has 0 spiro atoms. The van der Waals surface area contributed by atoms with E-state index in [9.17, 15) is 9.59 Å².